The summed E-state index contributed by atoms with van der Waals surface area (Å²) in [6.07, 6.45) is 2.94. The first kappa shape index (κ1) is 22.9. The first-order valence-electron chi connectivity index (χ1n) is 11.5. The van der Waals surface area contributed by atoms with Crippen LogP contribution >= 0.6 is 0 Å². The molecule has 0 aromatic heterocycles. The van der Waals surface area contributed by atoms with E-state index < -0.39 is 29.7 Å². The molecule has 3 aliphatic rings. The number of rotatable bonds is 2. The van der Waals surface area contributed by atoms with Crippen LogP contribution in [-0.2, 0) is 9.53 Å². The van der Waals surface area contributed by atoms with E-state index in [1.165, 1.54) is 0 Å². The van der Waals surface area contributed by atoms with E-state index in [1.807, 2.05) is 26.0 Å². The minimum absolute atomic E-state index is 0.0677. The van der Waals surface area contributed by atoms with E-state index in [0.29, 0.717) is 22.6 Å². The number of benzene rings is 1. The zero-order chi connectivity index (χ0) is 23.4. The highest BCUT2D eigenvalue weighted by atomic mass is 16.6. The fraction of sp³-hybridized carbons (Fsp3) is 0.556. The number of allylic oxidation sites excluding steroid dienone is 2. The summed E-state index contributed by atoms with van der Waals surface area (Å²) in [5.41, 5.74) is 0.0166. The molecule has 5 nitrogen and oxygen atoms in total. The predicted molar refractivity (Wildman–Crippen MR) is 122 cm³/mol. The highest BCUT2D eigenvalue weighted by Crippen LogP contribution is 2.62. The van der Waals surface area contributed by atoms with Crippen LogP contribution in [0.3, 0.4) is 0 Å². The number of aliphatic hydroxyl groups excluding tert-OH is 2. The smallest absolute Gasteiger partial charge is 0.339 e. The average molecular weight is 439 g/mol. The summed E-state index contributed by atoms with van der Waals surface area (Å²) in [6, 6.07) is 8.55. The van der Waals surface area contributed by atoms with Crippen LogP contribution in [0.4, 0.5) is 0 Å². The number of carbonyl (C=O) groups is 2. The van der Waals surface area contributed by atoms with E-state index in [9.17, 15) is 19.8 Å². The summed E-state index contributed by atoms with van der Waals surface area (Å²) < 4.78 is 6.03. The molecule has 5 heteroatoms. The quantitative estimate of drug-likeness (QED) is 0.537. The van der Waals surface area contributed by atoms with Crippen LogP contribution in [-0.4, -0.2) is 39.8 Å². The number of fused-ring (bicyclic) bond motifs is 2. The van der Waals surface area contributed by atoms with E-state index in [2.05, 4.69) is 13.8 Å². The molecule has 32 heavy (non-hydrogen) atoms. The van der Waals surface area contributed by atoms with Crippen LogP contribution in [0.15, 0.2) is 53.6 Å². The molecule has 2 fully saturated rings. The molecule has 0 aliphatic heterocycles. The summed E-state index contributed by atoms with van der Waals surface area (Å²) in [7, 11) is 0. The standard InChI is InChI=1S/C27H34O5/c1-15-11-12-19-20(26(19,4)5)13-16(2)24(30)27(14-17(3)23(29)21(27)22(15)28)32-25(31)18-9-7-6-8-10-18/h6-11,13,17,19-23,28-29H,12,14H2,1-5H3/t17-,19-,20+,21-,22+,23-,27+/m0/s1. The molecule has 7 atom stereocenters. The Kier molecular flexibility index (Phi) is 5.71. The maximum absolute atomic E-state index is 14.0. The van der Waals surface area contributed by atoms with E-state index in [0.717, 1.165) is 6.42 Å². The van der Waals surface area contributed by atoms with Gasteiger partial charge < -0.3 is 14.9 Å². The lowest BCUT2D eigenvalue weighted by Gasteiger charge is -2.37. The van der Waals surface area contributed by atoms with Crippen molar-refractivity contribution in [2.24, 2.45) is 29.1 Å². The third-order valence-electron chi connectivity index (χ3n) is 8.21. The molecule has 0 unspecified atom stereocenters. The van der Waals surface area contributed by atoms with Crippen LogP contribution in [0.1, 0.15) is 57.8 Å². The van der Waals surface area contributed by atoms with Gasteiger partial charge in [-0.05, 0) is 66.7 Å². The second-order valence-corrected chi connectivity index (χ2v) is 10.6. The number of aliphatic hydroxyl groups is 2. The number of ether oxygens (including phenoxy) is 1. The number of Topliss-reactive ketones (excluding diaryl/α,β-unsaturated/α-hetero) is 1. The molecule has 172 valence electrons. The lowest BCUT2D eigenvalue weighted by Crippen LogP contribution is -2.53. The molecule has 0 radical (unpaired) electrons. The number of ketones is 1. The maximum atomic E-state index is 14.0. The lowest BCUT2D eigenvalue weighted by atomic mass is 9.77. The molecule has 1 aromatic carbocycles. The predicted octanol–water partition coefficient (Wildman–Crippen LogP) is 4.10. The number of carbonyl (C=O) groups excluding carboxylic acids is 2. The zero-order valence-electron chi connectivity index (χ0n) is 19.5. The fourth-order valence-electron chi connectivity index (χ4n) is 5.97. The van der Waals surface area contributed by atoms with Crippen molar-refractivity contribution in [1.82, 2.24) is 0 Å². The van der Waals surface area contributed by atoms with Crippen molar-refractivity contribution in [3.05, 3.63) is 59.2 Å². The fourth-order valence-corrected chi connectivity index (χ4v) is 5.97. The number of hydrogen-bond acceptors (Lipinski definition) is 5. The topological polar surface area (TPSA) is 83.8 Å². The highest BCUT2D eigenvalue weighted by molar-refractivity contribution is 6.04. The molecule has 0 saturated heterocycles. The third kappa shape index (κ3) is 3.56. The third-order valence-corrected chi connectivity index (χ3v) is 8.21. The van der Waals surface area contributed by atoms with Gasteiger partial charge in [-0.3, -0.25) is 4.79 Å². The van der Waals surface area contributed by atoms with Crippen molar-refractivity contribution >= 4 is 11.8 Å². The van der Waals surface area contributed by atoms with Gasteiger partial charge in [0.1, 0.15) is 0 Å². The van der Waals surface area contributed by atoms with Crippen molar-refractivity contribution in [2.45, 2.75) is 65.3 Å². The van der Waals surface area contributed by atoms with Crippen LogP contribution in [0.2, 0.25) is 0 Å². The first-order chi connectivity index (χ1) is 15.0. The molecule has 4 rings (SSSR count). The normalized spacial score (nSPS) is 38.5. The van der Waals surface area contributed by atoms with Gasteiger partial charge in [0.25, 0.3) is 0 Å². The van der Waals surface area contributed by atoms with Gasteiger partial charge in [0.15, 0.2) is 5.60 Å². The molecule has 0 amide bonds. The summed E-state index contributed by atoms with van der Waals surface area (Å²) in [5, 5.41) is 22.4. The van der Waals surface area contributed by atoms with Gasteiger partial charge >= 0.3 is 5.97 Å². The molecular formula is C27H34O5. The van der Waals surface area contributed by atoms with Gasteiger partial charge in [0.05, 0.1) is 23.7 Å². The molecule has 2 N–H and O–H groups in total. The van der Waals surface area contributed by atoms with Gasteiger partial charge in [-0.1, -0.05) is 51.1 Å². The Hall–Kier alpha value is -2.24. The van der Waals surface area contributed by atoms with Crippen molar-refractivity contribution in [3.8, 4) is 0 Å². The second-order valence-electron chi connectivity index (χ2n) is 10.6. The molecule has 1 aromatic rings. The Morgan fingerprint density at radius 1 is 1.12 bits per heavy atom. The van der Waals surface area contributed by atoms with Crippen molar-refractivity contribution in [3.63, 3.8) is 0 Å². The monoisotopic (exact) mass is 438 g/mol. The Morgan fingerprint density at radius 2 is 1.78 bits per heavy atom. The summed E-state index contributed by atoms with van der Waals surface area (Å²) >= 11 is 0. The van der Waals surface area contributed by atoms with Crippen LogP contribution in [0, 0.1) is 29.1 Å². The molecule has 0 bridgehead atoms. The van der Waals surface area contributed by atoms with Crippen molar-refractivity contribution < 1.29 is 24.5 Å². The van der Waals surface area contributed by atoms with Gasteiger partial charge in [0, 0.05) is 6.42 Å². The molecule has 0 heterocycles. The average Bonchev–Trinajstić information content (AvgIpc) is 3.16. The molecule has 3 aliphatic carbocycles. The Bertz CT molecular complexity index is 975. The van der Waals surface area contributed by atoms with Gasteiger partial charge in [0.2, 0.25) is 5.78 Å². The summed E-state index contributed by atoms with van der Waals surface area (Å²) in [6.45, 7) is 9.81. The van der Waals surface area contributed by atoms with Crippen molar-refractivity contribution in [1.29, 1.82) is 0 Å². The van der Waals surface area contributed by atoms with Crippen molar-refractivity contribution in [2.75, 3.05) is 0 Å². The minimum Gasteiger partial charge on any atom is -0.447 e. The zero-order valence-corrected chi connectivity index (χ0v) is 19.5. The van der Waals surface area contributed by atoms with Gasteiger partial charge in [-0.2, -0.15) is 0 Å². The van der Waals surface area contributed by atoms with E-state index in [-0.39, 0.29) is 29.5 Å². The van der Waals surface area contributed by atoms with Crippen LogP contribution in [0.25, 0.3) is 0 Å². The van der Waals surface area contributed by atoms with Crippen LogP contribution in [0.5, 0.6) is 0 Å². The lowest BCUT2D eigenvalue weighted by molar-refractivity contribution is -0.146. The van der Waals surface area contributed by atoms with E-state index >= 15 is 0 Å². The van der Waals surface area contributed by atoms with Gasteiger partial charge in [-0.15, -0.1) is 0 Å². The minimum atomic E-state index is -1.63. The van der Waals surface area contributed by atoms with E-state index in [4.69, 9.17) is 4.74 Å². The van der Waals surface area contributed by atoms with Gasteiger partial charge in [-0.25, -0.2) is 4.79 Å². The Labute approximate surface area is 190 Å². The second kappa shape index (κ2) is 7.96. The molecule has 2 saturated carbocycles. The maximum Gasteiger partial charge on any atom is 0.339 e. The van der Waals surface area contributed by atoms with E-state index in [1.54, 1.807) is 37.3 Å². The number of hydrogen-bond donors (Lipinski definition) is 2. The largest absolute Gasteiger partial charge is 0.447 e. The summed E-state index contributed by atoms with van der Waals surface area (Å²) in [5.74, 6) is -1.54. The van der Waals surface area contributed by atoms with Crippen LogP contribution < -0.4 is 0 Å². The number of esters is 1. The highest BCUT2D eigenvalue weighted by Gasteiger charge is 2.63. The SMILES string of the molecule is CC1=C[C@@H]2[C@H](CC=C(C)[C@@H](O)[C@H]3[C@@H](O)[C@@H](C)C[C@]3(OC(=O)c3ccccc3)C1=O)C2(C)C. The first-order valence-corrected chi connectivity index (χ1v) is 11.5. The summed E-state index contributed by atoms with van der Waals surface area (Å²) in [4.78, 5) is 27.1. The Balaban J connectivity index is 1.83. The molecular weight excluding hydrogens is 404 g/mol. The molecule has 0 spiro atoms. The Morgan fingerprint density at radius 3 is 2.44 bits per heavy atom.